The molecule has 0 saturated carbocycles. The molecule has 1 amide bonds. The van der Waals surface area contributed by atoms with E-state index in [9.17, 15) is 9.90 Å². The predicted molar refractivity (Wildman–Crippen MR) is 77.8 cm³/mol. The second-order valence-corrected chi connectivity index (χ2v) is 4.85. The summed E-state index contributed by atoms with van der Waals surface area (Å²) < 4.78 is 0. The molecule has 0 fully saturated rings. The van der Waals surface area contributed by atoms with E-state index in [0.717, 1.165) is 0 Å². The molecular weight excluding hydrogens is 317 g/mol. The Morgan fingerprint density at radius 3 is 2.90 bits per heavy atom. The molecule has 2 aromatic heterocycles. The van der Waals surface area contributed by atoms with Crippen molar-refractivity contribution in [2.45, 2.75) is 0 Å². The minimum atomic E-state index is -0.610. The Bertz CT molecular complexity index is 849. The number of anilines is 1. The van der Waals surface area contributed by atoms with Crippen molar-refractivity contribution >= 4 is 46.2 Å². The van der Waals surface area contributed by atoms with Gasteiger partial charge in [0.2, 0.25) is 5.95 Å². The molecule has 21 heavy (non-hydrogen) atoms. The van der Waals surface area contributed by atoms with Crippen LogP contribution in [0.4, 0.5) is 5.95 Å². The van der Waals surface area contributed by atoms with E-state index in [1.807, 2.05) is 0 Å². The number of carbonyl (C=O) groups excluding carboxylic acids is 1. The number of aromatic hydroxyl groups is 1. The van der Waals surface area contributed by atoms with Crippen LogP contribution in [0.2, 0.25) is 10.2 Å². The second-order valence-electron chi connectivity index (χ2n) is 4.05. The molecule has 0 spiro atoms. The summed E-state index contributed by atoms with van der Waals surface area (Å²) in [4.78, 5) is 26.8. The molecule has 0 aliphatic carbocycles. The Hall–Kier alpha value is -2.38. The fourth-order valence-electron chi connectivity index (χ4n) is 1.71. The third-order valence-corrected chi connectivity index (χ3v) is 3.18. The largest absolute Gasteiger partial charge is 0.507 e. The lowest BCUT2D eigenvalue weighted by Gasteiger charge is -2.06. The summed E-state index contributed by atoms with van der Waals surface area (Å²) >= 11 is 11.7. The highest BCUT2D eigenvalue weighted by Gasteiger charge is 2.15. The fraction of sp³-hybridized carbons (Fsp3) is 0. The lowest BCUT2D eigenvalue weighted by molar-refractivity contribution is 0.102. The topological polar surface area (TPSA) is 104 Å². The number of aromatic nitrogens is 4. The van der Waals surface area contributed by atoms with Crippen LogP contribution in [0.25, 0.3) is 11.2 Å². The zero-order valence-corrected chi connectivity index (χ0v) is 11.8. The first-order valence-corrected chi connectivity index (χ1v) is 6.46. The fourth-order valence-corrected chi connectivity index (χ4v) is 2.10. The average Bonchev–Trinajstić information content (AvgIpc) is 2.90. The number of imidazole rings is 1. The van der Waals surface area contributed by atoms with Crippen LogP contribution in [0.5, 0.6) is 5.75 Å². The van der Waals surface area contributed by atoms with E-state index in [-0.39, 0.29) is 22.4 Å². The molecule has 3 rings (SSSR count). The van der Waals surface area contributed by atoms with Gasteiger partial charge in [0.1, 0.15) is 11.3 Å². The third-order valence-electron chi connectivity index (χ3n) is 2.67. The summed E-state index contributed by atoms with van der Waals surface area (Å²) in [7, 11) is 0. The Morgan fingerprint density at radius 2 is 2.10 bits per heavy atom. The Morgan fingerprint density at radius 1 is 1.29 bits per heavy atom. The first kappa shape index (κ1) is 13.6. The zero-order valence-electron chi connectivity index (χ0n) is 10.3. The monoisotopic (exact) mass is 323 g/mol. The number of H-pyrrole nitrogens is 1. The Kier molecular flexibility index (Phi) is 3.36. The molecule has 9 heteroatoms. The van der Waals surface area contributed by atoms with Crippen molar-refractivity contribution in [3.63, 3.8) is 0 Å². The number of phenolic OH excluding ortho intramolecular Hbond substituents is 1. The van der Waals surface area contributed by atoms with Crippen LogP contribution < -0.4 is 5.32 Å². The van der Waals surface area contributed by atoms with Crippen molar-refractivity contribution in [2.24, 2.45) is 0 Å². The van der Waals surface area contributed by atoms with Gasteiger partial charge in [-0.3, -0.25) is 10.1 Å². The molecule has 0 bridgehead atoms. The number of hydrogen-bond donors (Lipinski definition) is 3. The third kappa shape index (κ3) is 2.61. The van der Waals surface area contributed by atoms with Gasteiger partial charge in [0.25, 0.3) is 5.91 Å². The van der Waals surface area contributed by atoms with E-state index in [0.29, 0.717) is 16.2 Å². The van der Waals surface area contributed by atoms with Crippen molar-refractivity contribution in [2.75, 3.05) is 5.32 Å². The predicted octanol–water partition coefficient (Wildman–Crippen LogP) is 2.62. The summed E-state index contributed by atoms with van der Waals surface area (Å²) in [5.41, 5.74) is 0.797. The minimum absolute atomic E-state index is 0.00403. The summed E-state index contributed by atoms with van der Waals surface area (Å²) in [6.45, 7) is 0. The average molecular weight is 324 g/mol. The van der Waals surface area contributed by atoms with E-state index < -0.39 is 5.91 Å². The molecule has 0 atom stereocenters. The molecular formula is C12H7Cl2N5O2. The van der Waals surface area contributed by atoms with Gasteiger partial charge in [-0.05, 0) is 18.2 Å². The van der Waals surface area contributed by atoms with Gasteiger partial charge in [0.15, 0.2) is 10.8 Å². The van der Waals surface area contributed by atoms with Crippen molar-refractivity contribution in [1.82, 2.24) is 19.9 Å². The lowest BCUT2D eigenvalue weighted by Crippen LogP contribution is -2.14. The highest BCUT2D eigenvalue weighted by molar-refractivity contribution is 6.33. The maximum atomic E-state index is 12.1. The Labute approximate surface area is 128 Å². The molecule has 106 valence electrons. The van der Waals surface area contributed by atoms with E-state index in [1.54, 1.807) is 0 Å². The summed E-state index contributed by atoms with van der Waals surface area (Å²) in [6, 6.07) is 4.12. The van der Waals surface area contributed by atoms with Crippen molar-refractivity contribution in [3.05, 3.63) is 40.3 Å². The van der Waals surface area contributed by atoms with Gasteiger partial charge in [-0.15, -0.1) is 0 Å². The maximum Gasteiger partial charge on any atom is 0.261 e. The smallest absolute Gasteiger partial charge is 0.261 e. The molecule has 0 radical (unpaired) electrons. The molecule has 0 saturated heterocycles. The van der Waals surface area contributed by atoms with Crippen LogP contribution in [0.15, 0.2) is 24.5 Å². The standard InChI is InChI=1S/C12H7Cl2N5O2/c13-5-1-2-7(20)6(3-5)11(21)19-12-17-9(14)8-10(18-12)16-4-15-8/h1-4,20H,(H2,15,16,17,18,19,21). The van der Waals surface area contributed by atoms with Crippen molar-refractivity contribution < 1.29 is 9.90 Å². The van der Waals surface area contributed by atoms with Gasteiger partial charge in [-0.1, -0.05) is 23.2 Å². The van der Waals surface area contributed by atoms with Crippen LogP contribution in [0.1, 0.15) is 10.4 Å². The summed E-state index contributed by atoms with van der Waals surface area (Å²) in [6.07, 6.45) is 1.42. The van der Waals surface area contributed by atoms with Crippen LogP contribution in [-0.2, 0) is 0 Å². The second kappa shape index (κ2) is 5.19. The number of fused-ring (bicyclic) bond motifs is 1. The number of phenols is 1. The zero-order chi connectivity index (χ0) is 15.0. The SMILES string of the molecule is O=C(Nc1nc(Cl)c2[nH]cnc2n1)c1cc(Cl)ccc1O. The summed E-state index contributed by atoms with van der Waals surface area (Å²) in [5.74, 6) is -0.839. The number of nitrogens with one attached hydrogen (secondary N) is 2. The van der Waals surface area contributed by atoms with Crippen LogP contribution in [-0.4, -0.2) is 30.9 Å². The van der Waals surface area contributed by atoms with E-state index in [1.165, 1.54) is 24.5 Å². The highest BCUT2D eigenvalue weighted by atomic mass is 35.5. The lowest BCUT2D eigenvalue weighted by atomic mass is 10.2. The molecule has 0 aliphatic heterocycles. The molecule has 2 heterocycles. The van der Waals surface area contributed by atoms with E-state index in [4.69, 9.17) is 23.2 Å². The molecule has 0 unspecified atom stereocenters. The number of benzene rings is 1. The molecule has 1 aromatic carbocycles. The number of carbonyl (C=O) groups is 1. The van der Waals surface area contributed by atoms with Gasteiger partial charge in [0, 0.05) is 5.02 Å². The molecule has 3 aromatic rings. The van der Waals surface area contributed by atoms with Gasteiger partial charge in [0.05, 0.1) is 11.9 Å². The van der Waals surface area contributed by atoms with Gasteiger partial charge < -0.3 is 10.1 Å². The van der Waals surface area contributed by atoms with Crippen LogP contribution >= 0.6 is 23.2 Å². The first-order valence-electron chi connectivity index (χ1n) is 5.71. The normalized spacial score (nSPS) is 10.8. The van der Waals surface area contributed by atoms with Gasteiger partial charge >= 0.3 is 0 Å². The number of halogens is 2. The molecule has 7 nitrogen and oxygen atoms in total. The van der Waals surface area contributed by atoms with Crippen molar-refractivity contribution in [1.29, 1.82) is 0 Å². The van der Waals surface area contributed by atoms with Crippen LogP contribution in [0.3, 0.4) is 0 Å². The number of amides is 1. The van der Waals surface area contributed by atoms with E-state index >= 15 is 0 Å². The first-order chi connectivity index (χ1) is 10.0. The van der Waals surface area contributed by atoms with Crippen LogP contribution in [0, 0.1) is 0 Å². The minimum Gasteiger partial charge on any atom is -0.507 e. The maximum absolute atomic E-state index is 12.1. The Balaban J connectivity index is 1.94. The van der Waals surface area contributed by atoms with Gasteiger partial charge in [-0.2, -0.15) is 9.97 Å². The quantitative estimate of drug-likeness (QED) is 0.629. The highest BCUT2D eigenvalue weighted by Crippen LogP contribution is 2.23. The number of nitrogens with zero attached hydrogens (tertiary/aromatic N) is 3. The van der Waals surface area contributed by atoms with Crippen molar-refractivity contribution in [3.8, 4) is 5.75 Å². The van der Waals surface area contributed by atoms with Gasteiger partial charge in [-0.25, -0.2) is 4.98 Å². The molecule has 3 N–H and O–H groups in total. The number of aromatic amines is 1. The van der Waals surface area contributed by atoms with E-state index in [2.05, 4.69) is 25.3 Å². The number of hydrogen-bond acceptors (Lipinski definition) is 5. The molecule has 0 aliphatic rings. The number of rotatable bonds is 2. The summed E-state index contributed by atoms with van der Waals surface area (Å²) in [5, 5.41) is 12.6.